The summed E-state index contributed by atoms with van der Waals surface area (Å²) in [6.45, 7) is 4.30. The van der Waals surface area contributed by atoms with Crippen LogP contribution in [-0.2, 0) is 11.3 Å². The molecule has 2 rings (SSSR count). The van der Waals surface area contributed by atoms with Crippen LogP contribution in [0.25, 0.3) is 0 Å². The van der Waals surface area contributed by atoms with Gasteiger partial charge >= 0.3 is 0 Å². The van der Waals surface area contributed by atoms with Crippen LogP contribution in [-0.4, -0.2) is 36.2 Å². The van der Waals surface area contributed by atoms with E-state index in [1.807, 2.05) is 0 Å². The quantitative estimate of drug-likeness (QED) is 0.788. The van der Waals surface area contributed by atoms with Crippen molar-refractivity contribution in [3.05, 3.63) is 16.8 Å². The molecule has 1 fully saturated rings. The molecular weight excluding hydrogens is 236 g/mol. The second-order valence-corrected chi connectivity index (χ2v) is 3.76. The maximum Gasteiger partial charge on any atom is 0.209 e. The first-order chi connectivity index (χ1) is 6.34. The minimum Gasteiger partial charge on any atom is -0.446 e. The van der Waals surface area contributed by atoms with E-state index in [9.17, 15) is 0 Å². The van der Waals surface area contributed by atoms with Gasteiger partial charge in [-0.05, 0) is 15.9 Å². The molecule has 2 heterocycles. The van der Waals surface area contributed by atoms with Gasteiger partial charge in [-0.2, -0.15) is 0 Å². The lowest BCUT2D eigenvalue weighted by molar-refractivity contribution is 0.0306. The molecule has 0 spiro atoms. The van der Waals surface area contributed by atoms with Crippen molar-refractivity contribution in [3.63, 3.8) is 0 Å². The molecule has 1 aliphatic rings. The first-order valence-electron chi connectivity index (χ1n) is 4.24. The standard InChI is InChI=1S/C8H11BrN2O2/c9-7-6-13-8(10-7)5-11-1-3-12-4-2-11/h6H,1-5H2. The Morgan fingerprint density at radius 2 is 2.23 bits per heavy atom. The summed E-state index contributed by atoms with van der Waals surface area (Å²) in [5, 5.41) is 0. The fraction of sp³-hybridized carbons (Fsp3) is 0.625. The largest absolute Gasteiger partial charge is 0.446 e. The number of nitrogens with zero attached hydrogens (tertiary/aromatic N) is 2. The maximum atomic E-state index is 5.24. The van der Waals surface area contributed by atoms with E-state index in [1.165, 1.54) is 0 Å². The number of aromatic nitrogens is 1. The van der Waals surface area contributed by atoms with Gasteiger partial charge in [0.2, 0.25) is 5.89 Å². The van der Waals surface area contributed by atoms with Crippen LogP contribution in [0.5, 0.6) is 0 Å². The van der Waals surface area contributed by atoms with Crippen molar-refractivity contribution in [2.45, 2.75) is 6.54 Å². The number of oxazole rings is 1. The van der Waals surface area contributed by atoms with Crippen molar-refractivity contribution in [3.8, 4) is 0 Å². The smallest absolute Gasteiger partial charge is 0.209 e. The van der Waals surface area contributed by atoms with Crippen LogP contribution in [0, 0.1) is 0 Å². The fourth-order valence-electron chi connectivity index (χ4n) is 1.31. The van der Waals surface area contributed by atoms with E-state index in [4.69, 9.17) is 9.15 Å². The van der Waals surface area contributed by atoms with Gasteiger partial charge in [0.15, 0.2) is 0 Å². The molecule has 1 aromatic heterocycles. The molecule has 72 valence electrons. The molecule has 13 heavy (non-hydrogen) atoms. The van der Waals surface area contributed by atoms with Crippen molar-refractivity contribution in [1.29, 1.82) is 0 Å². The van der Waals surface area contributed by atoms with Crippen molar-refractivity contribution in [2.24, 2.45) is 0 Å². The summed E-state index contributed by atoms with van der Waals surface area (Å²) < 4.78 is 11.2. The Bertz CT molecular complexity index is 271. The molecule has 1 saturated heterocycles. The molecule has 0 radical (unpaired) electrons. The minimum atomic E-state index is 0.758. The van der Waals surface area contributed by atoms with E-state index in [2.05, 4.69) is 25.8 Å². The summed E-state index contributed by atoms with van der Waals surface area (Å²) in [4.78, 5) is 6.44. The number of hydrogen-bond donors (Lipinski definition) is 0. The summed E-state index contributed by atoms with van der Waals surface area (Å²) in [5.41, 5.74) is 0. The van der Waals surface area contributed by atoms with Gasteiger partial charge in [0, 0.05) is 13.1 Å². The molecule has 0 aliphatic carbocycles. The van der Waals surface area contributed by atoms with Crippen LogP contribution >= 0.6 is 15.9 Å². The average Bonchev–Trinajstić information content (AvgIpc) is 2.53. The summed E-state index contributed by atoms with van der Waals surface area (Å²) in [5.74, 6) is 0.758. The van der Waals surface area contributed by atoms with E-state index >= 15 is 0 Å². The highest BCUT2D eigenvalue weighted by molar-refractivity contribution is 9.10. The number of halogens is 1. The molecule has 0 atom stereocenters. The Hall–Kier alpha value is -0.390. The van der Waals surface area contributed by atoms with E-state index in [1.54, 1.807) is 6.26 Å². The molecule has 4 nitrogen and oxygen atoms in total. The van der Waals surface area contributed by atoms with Crippen LogP contribution in [0.4, 0.5) is 0 Å². The summed E-state index contributed by atoms with van der Waals surface area (Å²) in [7, 11) is 0. The molecule has 1 aliphatic heterocycles. The van der Waals surface area contributed by atoms with Crippen LogP contribution in [0.15, 0.2) is 15.3 Å². The van der Waals surface area contributed by atoms with Gasteiger partial charge in [-0.3, -0.25) is 4.90 Å². The summed E-state index contributed by atoms with van der Waals surface area (Å²) >= 11 is 3.25. The molecule has 0 aromatic carbocycles. The first-order valence-corrected chi connectivity index (χ1v) is 5.04. The third kappa shape index (κ3) is 2.52. The Labute approximate surface area is 85.0 Å². The molecular formula is C8H11BrN2O2. The van der Waals surface area contributed by atoms with Crippen molar-refractivity contribution >= 4 is 15.9 Å². The van der Waals surface area contributed by atoms with Crippen molar-refractivity contribution < 1.29 is 9.15 Å². The highest BCUT2D eigenvalue weighted by atomic mass is 79.9. The van der Waals surface area contributed by atoms with Crippen LogP contribution in [0.2, 0.25) is 0 Å². The Kier molecular flexibility index (Phi) is 2.97. The van der Waals surface area contributed by atoms with Crippen molar-refractivity contribution in [2.75, 3.05) is 26.3 Å². The molecule has 1 aromatic rings. The lowest BCUT2D eigenvalue weighted by Gasteiger charge is -2.24. The Morgan fingerprint density at radius 1 is 1.46 bits per heavy atom. The van der Waals surface area contributed by atoms with E-state index < -0.39 is 0 Å². The molecule has 0 saturated carbocycles. The fourth-order valence-corrected chi connectivity index (χ4v) is 1.60. The average molecular weight is 247 g/mol. The zero-order chi connectivity index (χ0) is 9.10. The topological polar surface area (TPSA) is 38.5 Å². The molecule has 0 N–H and O–H groups in total. The number of rotatable bonds is 2. The van der Waals surface area contributed by atoms with Gasteiger partial charge in [-0.25, -0.2) is 4.98 Å². The summed E-state index contributed by atoms with van der Waals surface area (Å²) in [6.07, 6.45) is 1.61. The van der Waals surface area contributed by atoms with Crippen LogP contribution < -0.4 is 0 Å². The van der Waals surface area contributed by atoms with Gasteiger partial charge in [-0.15, -0.1) is 0 Å². The minimum absolute atomic E-state index is 0.758. The maximum absolute atomic E-state index is 5.24. The second kappa shape index (κ2) is 4.21. The van der Waals surface area contributed by atoms with Gasteiger partial charge < -0.3 is 9.15 Å². The Balaban J connectivity index is 1.89. The van der Waals surface area contributed by atoms with E-state index in [0.717, 1.165) is 43.3 Å². The predicted octanol–water partition coefficient (Wildman–Crippen LogP) is 1.27. The number of morpholine rings is 1. The number of ether oxygens (including phenoxy) is 1. The molecule has 0 unspecified atom stereocenters. The van der Waals surface area contributed by atoms with E-state index in [0.29, 0.717) is 0 Å². The second-order valence-electron chi connectivity index (χ2n) is 2.95. The highest BCUT2D eigenvalue weighted by Gasteiger charge is 2.13. The van der Waals surface area contributed by atoms with E-state index in [-0.39, 0.29) is 0 Å². The van der Waals surface area contributed by atoms with Crippen LogP contribution in [0.3, 0.4) is 0 Å². The van der Waals surface area contributed by atoms with Gasteiger partial charge in [0.1, 0.15) is 10.9 Å². The molecule has 5 heteroatoms. The lowest BCUT2D eigenvalue weighted by atomic mass is 10.4. The highest BCUT2D eigenvalue weighted by Crippen LogP contribution is 2.11. The predicted molar refractivity (Wildman–Crippen MR) is 50.3 cm³/mol. The zero-order valence-corrected chi connectivity index (χ0v) is 8.79. The molecule has 0 amide bonds. The first kappa shape index (κ1) is 9.18. The number of hydrogen-bond acceptors (Lipinski definition) is 4. The monoisotopic (exact) mass is 246 g/mol. The van der Waals surface area contributed by atoms with Gasteiger partial charge in [-0.1, -0.05) is 0 Å². The van der Waals surface area contributed by atoms with Gasteiger partial charge in [0.25, 0.3) is 0 Å². The Morgan fingerprint density at radius 3 is 2.85 bits per heavy atom. The van der Waals surface area contributed by atoms with Gasteiger partial charge in [0.05, 0.1) is 19.8 Å². The summed E-state index contributed by atoms with van der Waals surface area (Å²) in [6, 6.07) is 0. The third-order valence-electron chi connectivity index (χ3n) is 1.99. The SMILES string of the molecule is Brc1coc(CN2CCOCC2)n1. The normalized spacial score (nSPS) is 19.2. The molecule has 0 bridgehead atoms. The van der Waals surface area contributed by atoms with Crippen molar-refractivity contribution in [1.82, 2.24) is 9.88 Å². The zero-order valence-electron chi connectivity index (χ0n) is 7.20. The third-order valence-corrected chi connectivity index (χ3v) is 2.35. The van der Waals surface area contributed by atoms with Crippen LogP contribution in [0.1, 0.15) is 5.89 Å². The lowest BCUT2D eigenvalue weighted by Crippen LogP contribution is -2.35.